The molecule has 1 saturated heterocycles. The Hall–Kier alpha value is -1.84. The molecule has 4 nitrogen and oxygen atoms in total. The van der Waals surface area contributed by atoms with Gasteiger partial charge in [-0.15, -0.1) is 0 Å². The molecule has 4 rings (SSSR count). The molecule has 0 aromatic heterocycles. The number of hydrogen-bond acceptors (Lipinski definition) is 2. The van der Waals surface area contributed by atoms with E-state index in [1.54, 1.807) is 0 Å². The number of nitrogens with zero attached hydrogens (tertiary/aromatic N) is 2. The molecule has 0 bridgehead atoms. The first-order valence-corrected chi connectivity index (χ1v) is 8.85. The van der Waals surface area contributed by atoms with E-state index in [2.05, 4.69) is 25.1 Å². The Balaban J connectivity index is 1.53. The first-order valence-electron chi connectivity index (χ1n) is 8.85. The Kier molecular flexibility index (Phi) is 3.63. The van der Waals surface area contributed by atoms with Gasteiger partial charge in [-0.1, -0.05) is 24.3 Å². The Bertz CT molecular complexity index is 638. The second-order valence-corrected chi connectivity index (χ2v) is 7.12. The van der Waals surface area contributed by atoms with Crippen LogP contribution in [0.25, 0.3) is 0 Å². The lowest BCUT2D eigenvalue weighted by Gasteiger charge is -2.38. The van der Waals surface area contributed by atoms with E-state index in [0.29, 0.717) is 0 Å². The van der Waals surface area contributed by atoms with Crippen molar-refractivity contribution in [3.8, 4) is 0 Å². The molecule has 1 aromatic rings. The highest BCUT2D eigenvalue weighted by atomic mass is 16.2. The van der Waals surface area contributed by atoms with E-state index in [1.807, 2.05) is 15.9 Å². The molecule has 1 aliphatic carbocycles. The van der Waals surface area contributed by atoms with E-state index in [9.17, 15) is 9.59 Å². The fraction of sp³-hybridized carbons (Fsp3) is 0.579. The first kappa shape index (κ1) is 14.7. The monoisotopic (exact) mass is 312 g/mol. The zero-order valence-electron chi connectivity index (χ0n) is 13.7. The van der Waals surface area contributed by atoms with Gasteiger partial charge in [-0.3, -0.25) is 9.59 Å². The van der Waals surface area contributed by atoms with Crippen molar-refractivity contribution in [3.05, 3.63) is 35.4 Å². The molecule has 4 heteroatoms. The topological polar surface area (TPSA) is 40.6 Å². The molecule has 0 spiro atoms. The second kappa shape index (κ2) is 5.66. The lowest BCUT2D eigenvalue weighted by atomic mass is 9.93. The van der Waals surface area contributed by atoms with Crippen LogP contribution in [0.5, 0.6) is 0 Å². The standard InChI is InChI=1S/C19H24N2O2/c1-13-16-6-3-2-5-14(16)10-12-20(13)19(23)17-7-4-11-21(17)18(22)15-8-9-15/h2-3,5-6,13,15,17H,4,7-12H2,1H3/t13-,17+/m1/s1. The Morgan fingerprint density at radius 1 is 1.00 bits per heavy atom. The van der Waals surface area contributed by atoms with Crippen molar-refractivity contribution < 1.29 is 9.59 Å². The van der Waals surface area contributed by atoms with Gasteiger partial charge >= 0.3 is 0 Å². The van der Waals surface area contributed by atoms with E-state index < -0.39 is 0 Å². The molecule has 2 aliphatic heterocycles. The van der Waals surface area contributed by atoms with Crippen LogP contribution in [0.3, 0.4) is 0 Å². The number of carbonyl (C=O) groups excluding carboxylic acids is 2. The quantitative estimate of drug-likeness (QED) is 0.842. The normalized spacial score (nSPS) is 27.0. The predicted octanol–water partition coefficient (Wildman–Crippen LogP) is 2.53. The number of amides is 2. The number of fused-ring (bicyclic) bond motifs is 1. The summed E-state index contributed by atoms with van der Waals surface area (Å²) >= 11 is 0. The van der Waals surface area contributed by atoms with Crippen LogP contribution in [0.1, 0.15) is 49.8 Å². The maximum Gasteiger partial charge on any atom is 0.245 e. The van der Waals surface area contributed by atoms with Crippen LogP contribution in [-0.4, -0.2) is 40.7 Å². The maximum atomic E-state index is 13.1. The van der Waals surface area contributed by atoms with Crippen LogP contribution >= 0.6 is 0 Å². The SMILES string of the molecule is C[C@@H]1c2ccccc2CCN1C(=O)[C@@H]1CCCN1C(=O)C1CC1. The summed E-state index contributed by atoms with van der Waals surface area (Å²) in [7, 11) is 0. The van der Waals surface area contributed by atoms with Gasteiger partial charge in [-0.25, -0.2) is 0 Å². The van der Waals surface area contributed by atoms with Gasteiger partial charge in [0.25, 0.3) is 0 Å². The smallest absolute Gasteiger partial charge is 0.245 e. The molecule has 0 unspecified atom stereocenters. The van der Waals surface area contributed by atoms with Crippen LogP contribution in [0.4, 0.5) is 0 Å². The summed E-state index contributed by atoms with van der Waals surface area (Å²) in [5, 5.41) is 0. The maximum absolute atomic E-state index is 13.1. The molecule has 122 valence electrons. The Morgan fingerprint density at radius 2 is 1.78 bits per heavy atom. The van der Waals surface area contributed by atoms with Gasteiger partial charge in [0.05, 0.1) is 6.04 Å². The molecule has 1 aromatic carbocycles. The van der Waals surface area contributed by atoms with Gasteiger partial charge in [0.2, 0.25) is 11.8 Å². The minimum atomic E-state index is -0.226. The molecule has 23 heavy (non-hydrogen) atoms. The largest absolute Gasteiger partial charge is 0.334 e. The van der Waals surface area contributed by atoms with Gasteiger partial charge in [0.15, 0.2) is 0 Å². The van der Waals surface area contributed by atoms with Crippen molar-refractivity contribution in [1.29, 1.82) is 0 Å². The zero-order valence-corrected chi connectivity index (χ0v) is 13.7. The first-order chi connectivity index (χ1) is 11.2. The average Bonchev–Trinajstić information content (AvgIpc) is 3.31. The summed E-state index contributed by atoms with van der Waals surface area (Å²) in [5.41, 5.74) is 2.60. The van der Waals surface area contributed by atoms with Gasteiger partial charge in [0.1, 0.15) is 6.04 Å². The molecule has 2 amide bonds. The molecule has 1 saturated carbocycles. The van der Waals surface area contributed by atoms with Crippen molar-refractivity contribution >= 4 is 11.8 Å². The van der Waals surface area contributed by atoms with E-state index in [4.69, 9.17) is 0 Å². The number of hydrogen-bond donors (Lipinski definition) is 0. The van der Waals surface area contributed by atoms with Crippen molar-refractivity contribution in [2.45, 2.75) is 51.1 Å². The van der Waals surface area contributed by atoms with E-state index in [-0.39, 0.29) is 29.8 Å². The third-order valence-electron chi connectivity index (χ3n) is 5.63. The number of rotatable bonds is 2. The van der Waals surface area contributed by atoms with Crippen molar-refractivity contribution in [2.24, 2.45) is 5.92 Å². The van der Waals surface area contributed by atoms with E-state index in [0.717, 1.165) is 45.2 Å². The molecule has 2 atom stereocenters. The number of carbonyl (C=O) groups is 2. The summed E-state index contributed by atoms with van der Waals surface area (Å²) in [4.78, 5) is 29.4. The highest BCUT2D eigenvalue weighted by molar-refractivity contribution is 5.90. The average molecular weight is 312 g/mol. The molecule has 0 radical (unpaired) electrons. The minimum Gasteiger partial charge on any atom is -0.334 e. The molecule has 2 fully saturated rings. The second-order valence-electron chi connectivity index (χ2n) is 7.12. The lowest BCUT2D eigenvalue weighted by molar-refractivity contribution is -0.146. The Morgan fingerprint density at radius 3 is 2.57 bits per heavy atom. The van der Waals surface area contributed by atoms with E-state index in [1.165, 1.54) is 11.1 Å². The third kappa shape index (κ3) is 2.54. The highest BCUT2D eigenvalue weighted by Crippen LogP contribution is 2.35. The van der Waals surface area contributed by atoms with Crippen LogP contribution in [-0.2, 0) is 16.0 Å². The minimum absolute atomic E-state index is 0.103. The van der Waals surface area contributed by atoms with Crippen LogP contribution in [0, 0.1) is 5.92 Å². The van der Waals surface area contributed by atoms with Crippen molar-refractivity contribution in [3.63, 3.8) is 0 Å². The zero-order chi connectivity index (χ0) is 16.0. The molecular formula is C19H24N2O2. The lowest BCUT2D eigenvalue weighted by Crippen LogP contribution is -2.50. The van der Waals surface area contributed by atoms with E-state index >= 15 is 0 Å². The Labute approximate surface area is 137 Å². The number of likely N-dealkylation sites (tertiary alicyclic amines) is 1. The summed E-state index contributed by atoms with van der Waals surface area (Å²) in [6, 6.07) is 8.27. The molecule has 2 heterocycles. The molecular weight excluding hydrogens is 288 g/mol. The van der Waals surface area contributed by atoms with Crippen LogP contribution in [0.15, 0.2) is 24.3 Å². The van der Waals surface area contributed by atoms with Gasteiger partial charge in [-0.05, 0) is 50.2 Å². The third-order valence-corrected chi connectivity index (χ3v) is 5.63. The van der Waals surface area contributed by atoms with Crippen LogP contribution < -0.4 is 0 Å². The molecule has 0 N–H and O–H groups in total. The molecule has 3 aliphatic rings. The summed E-state index contributed by atoms with van der Waals surface area (Å²) in [6.45, 7) is 3.63. The summed E-state index contributed by atoms with van der Waals surface area (Å²) in [6.07, 6.45) is 4.69. The summed E-state index contributed by atoms with van der Waals surface area (Å²) in [5.74, 6) is 0.562. The van der Waals surface area contributed by atoms with Gasteiger partial charge in [-0.2, -0.15) is 0 Å². The highest BCUT2D eigenvalue weighted by Gasteiger charge is 2.43. The fourth-order valence-electron chi connectivity index (χ4n) is 4.12. The predicted molar refractivity (Wildman–Crippen MR) is 87.7 cm³/mol. The van der Waals surface area contributed by atoms with Crippen molar-refractivity contribution in [2.75, 3.05) is 13.1 Å². The van der Waals surface area contributed by atoms with Gasteiger partial charge < -0.3 is 9.80 Å². The fourth-order valence-corrected chi connectivity index (χ4v) is 4.12. The van der Waals surface area contributed by atoms with Crippen molar-refractivity contribution in [1.82, 2.24) is 9.80 Å². The number of benzene rings is 1. The van der Waals surface area contributed by atoms with Gasteiger partial charge in [0, 0.05) is 19.0 Å². The summed E-state index contributed by atoms with van der Waals surface area (Å²) < 4.78 is 0. The van der Waals surface area contributed by atoms with Crippen LogP contribution in [0.2, 0.25) is 0 Å².